The first-order valence-electron chi connectivity index (χ1n) is 5.70. The zero-order valence-electron chi connectivity index (χ0n) is 10.2. The average Bonchev–Trinajstić information content (AvgIpc) is 2.51. The van der Waals surface area contributed by atoms with Gasteiger partial charge in [0.1, 0.15) is 5.82 Å². The van der Waals surface area contributed by atoms with Gasteiger partial charge in [-0.1, -0.05) is 6.07 Å². The number of amides is 1. The molecule has 1 aromatic carbocycles. The van der Waals surface area contributed by atoms with Crippen LogP contribution in [-0.2, 0) is 9.84 Å². The number of benzene rings is 1. The Labute approximate surface area is 115 Å². The average molecular weight is 306 g/mol. The van der Waals surface area contributed by atoms with Gasteiger partial charge < -0.3 is 5.32 Å². The molecule has 1 heterocycles. The molecule has 2 unspecified atom stereocenters. The van der Waals surface area contributed by atoms with E-state index in [0.29, 0.717) is 5.56 Å². The molecule has 0 radical (unpaired) electrons. The predicted octanol–water partition coefficient (Wildman–Crippen LogP) is 1.27. The van der Waals surface area contributed by atoms with Crippen molar-refractivity contribution in [2.45, 2.75) is 18.3 Å². The van der Waals surface area contributed by atoms with Crippen molar-refractivity contribution in [3.05, 3.63) is 35.1 Å². The third-order valence-electron chi connectivity index (χ3n) is 2.97. The second kappa shape index (κ2) is 5.09. The van der Waals surface area contributed by atoms with Gasteiger partial charge in [-0.05, 0) is 24.6 Å². The van der Waals surface area contributed by atoms with Crippen LogP contribution in [0.5, 0.6) is 0 Å². The summed E-state index contributed by atoms with van der Waals surface area (Å²) in [5.74, 6) is -1.66. The van der Waals surface area contributed by atoms with Gasteiger partial charge in [-0.2, -0.15) is 0 Å². The lowest BCUT2D eigenvalue weighted by atomic mass is 10.1. The quantitative estimate of drug-likeness (QED) is 0.837. The molecule has 0 aliphatic carbocycles. The molecule has 0 spiro atoms. The van der Waals surface area contributed by atoms with Crippen LogP contribution in [0.25, 0.3) is 0 Å². The normalized spacial score (nSPS) is 25.2. The third-order valence-corrected chi connectivity index (χ3v) is 5.34. The monoisotopic (exact) mass is 305 g/mol. The molecular weight excluding hydrogens is 293 g/mol. The fourth-order valence-electron chi connectivity index (χ4n) is 1.99. The van der Waals surface area contributed by atoms with Crippen LogP contribution >= 0.6 is 11.6 Å². The first-order chi connectivity index (χ1) is 8.78. The van der Waals surface area contributed by atoms with Crippen molar-refractivity contribution in [1.82, 2.24) is 5.32 Å². The SMILES string of the molecule is Cc1ccc(C(=O)NC2CS(=O)(=O)CC2Cl)c(F)c1. The van der Waals surface area contributed by atoms with Gasteiger partial charge >= 0.3 is 0 Å². The largest absolute Gasteiger partial charge is 0.347 e. The minimum Gasteiger partial charge on any atom is -0.347 e. The second-order valence-electron chi connectivity index (χ2n) is 4.66. The number of carbonyl (C=O) groups excluding carboxylic acids is 1. The summed E-state index contributed by atoms with van der Waals surface area (Å²) in [5, 5.41) is 1.79. The summed E-state index contributed by atoms with van der Waals surface area (Å²) in [6, 6.07) is 3.55. The van der Waals surface area contributed by atoms with E-state index >= 15 is 0 Å². The highest BCUT2D eigenvalue weighted by atomic mass is 35.5. The van der Waals surface area contributed by atoms with E-state index in [4.69, 9.17) is 11.6 Å². The van der Waals surface area contributed by atoms with Gasteiger partial charge in [0.05, 0.1) is 28.5 Å². The van der Waals surface area contributed by atoms with Crippen LogP contribution in [0.2, 0.25) is 0 Å². The zero-order chi connectivity index (χ0) is 14.2. The van der Waals surface area contributed by atoms with Gasteiger partial charge in [0.2, 0.25) is 0 Å². The van der Waals surface area contributed by atoms with Gasteiger partial charge in [0.25, 0.3) is 5.91 Å². The first-order valence-corrected chi connectivity index (χ1v) is 7.96. The molecule has 1 aliphatic rings. The molecule has 4 nitrogen and oxygen atoms in total. The van der Waals surface area contributed by atoms with E-state index in [2.05, 4.69) is 5.32 Å². The summed E-state index contributed by atoms with van der Waals surface area (Å²) in [4.78, 5) is 11.9. The van der Waals surface area contributed by atoms with Crippen molar-refractivity contribution >= 4 is 27.3 Å². The van der Waals surface area contributed by atoms with Crippen molar-refractivity contribution in [2.75, 3.05) is 11.5 Å². The van der Waals surface area contributed by atoms with E-state index < -0.39 is 33.0 Å². The first kappa shape index (κ1) is 14.3. The fraction of sp³-hybridized carbons (Fsp3) is 0.417. The molecule has 1 aromatic rings. The topological polar surface area (TPSA) is 63.2 Å². The zero-order valence-corrected chi connectivity index (χ0v) is 11.8. The summed E-state index contributed by atoms with van der Waals surface area (Å²) in [6.07, 6.45) is 0. The maximum atomic E-state index is 13.6. The van der Waals surface area contributed by atoms with Crippen LogP contribution in [0.1, 0.15) is 15.9 Å². The number of nitrogens with one attached hydrogen (secondary N) is 1. The van der Waals surface area contributed by atoms with E-state index in [1.165, 1.54) is 12.1 Å². The molecule has 1 aliphatic heterocycles. The molecular formula is C12H13ClFNO3S. The van der Waals surface area contributed by atoms with Crippen molar-refractivity contribution in [3.63, 3.8) is 0 Å². The van der Waals surface area contributed by atoms with E-state index in [1.807, 2.05) is 0 Å². The highest BCUT2D eigenvalue weighted by Gasteiger charge is 2.37. The maximum absolute atomic E-state index is 13.6. The molecule has 0 saturated carbocycles. The Balaban J connectivity index is 2.14. The Hall–Kier alpha value is -1.14. The Bertz CT molecular complexity index is 617. The lowest BCUT2D eigenvalue weighted by Gasteiger charge is -2.14. The Morgan fingerprint density at radius 2 is 2.11 bits per heavy atom. The summed E-state index contributed by atoms with van der Waals surface area (Å²) < 4.78 is 36.4. The molecule has 1 fully saturated rings. The smallest absolute Gasteiger partial charge is 0.254 e. The fourth-order valence-corrected chi connectivity index (χ4v) is 4.54. The second-order valence-corrected chi connectivity index (χ2v) is 7.37. The van der Waals surface area contributed by atoms with E-state index in [1.54, 1.807) is 13.0 Å². The molecule has 1 saturated heterocycles. The van der Waals surface area contributed by atoms with Gasteiger partial charge in [-0.15, -0.1) is 11.6 Å². The predicted molar refractivity (Wildman–Crippen MR) is 70.7 cm³/mol. The lowest BCUT2D eigenvalue weighted by Crippen LogP contribution is -2.40. The maximum Gasteiger partial charge on any atom is 0.254 e. The summed E-state index contributed by atoms with van der Waals surface area (Å²) in [5.41, 5.74) is 0.589. The number of sulfone groups is 1. The van der Waals surface area contributed by atoms with Gasteiger partial charge in [0, 0.05) is 0 Å². The number of alkyl halides is 1. The van der Waals surface area contributed by atoms with Crippen LogP contribution in [0.3, 0.4) is 0 Å². The summed E-state index contributed by atoms with van der Waals surface area (Å²) in [7, 11) is -3.23. The number of halogens is 2. The standard InChI is InChI=1S/C12H13ClFNO3S/c1-7-2-3-8(10(14)4-7)12(16)15-11-6-19(17,18)5-9(11)13/h2-4,9,11H,5-6H2,1H3,(H,15,16). The van der Waals surface area contributed by atoms with Crippen molar-refractivity contribution in [1.29, 1.82) is 0 Å². The van der Waals surface area contributed by atoms with Crippen LogP contribution in [-0.4, -0.2) is 37.2 Å². The highest BCUT2D eigenvalue weighted by molar-refractivity contribution is 7.91. The minimum absolute atomic E-state index is 0.112. The van der Waals surface area contributed by atoms with Crippen LogP contribution in [0, 0.1) is 12.7 Å². The van der Waals surface area contributed by atoms with Crippen molar-refractivity contribution in [2.24, 2.45) is 0 Å². The molecule has 2 atom stereocenters. The van der Waals surface area contributed by atoms with Gasteiger partial charge in [0.15, 0.2) is 9.84 Å². The van der Waals surface area contributed by atoms with Gasteiger partial charge in [-0.3, -0.25) is 4.79 Å². The Kier molecular flexibility index (Phi) is 3.82. The Morgan fingerprint density at radius 3 is 2.63 bits per heavy atom. The van der Waals surface area contributed by atoms with Crippen molar-refractivity contribution < 1.29 is 17.6 Å². The molecule has 0 aromatic heterocycles. The van der Waals surface area contributed by atoms with Crippen LogP contribution in [0.15, 0.2) is 18.2 Å². The minimum atomic E-state index is -3.23. The van der Waals surface area contributed by atoms with Crippen LogP contribution in [0.4, 0.5) is 4.39 Å². The van der Waals surface area contributed by atoms with E-state index in [9.17, 15) is 17.6 Å². The number of hydrogen-bond acceptors (Lipinski definition) is 3. The van der Waals surface area contributed by atoms with Gasteiger partial charge in [-0.25, -0.2) is 12.8 Å². The highest BCUT2D eigenvalue weighted by Crippen LogP contribution is 2.19. The molecule has 2 rings (SSSR count). The van der Waals surface area contributed by atoms with Crippen molar-refractivity contribution in [3.8, 4) is 0 Å². The van der Waals surface area contributed by atoms with Crippen LogP contribution < -0.4 is 5.32 Å². The molecule has 1 N–H and O–H groups in total. The number of carbonyl (C=O) groups is 1. The molecule has 1 amide bonds. The summed E-state index contributed by atoms with van der Waals surface area (Å²) >= 11 is 5.87. The number of aryl methyl sites for hydroxylation is 1. The number of rotatable bonds is 2. The summed E-state index contributed by atoms with van der Waals surface area (Å²) in [6.45, 7) is 1.71. The van der Waals surface area contributed by atoms with E-state index in [0.717, 1.165) is 0 Å². The molecule has 19 heavy (non-hydrogen) atoms. The number of hydrogen-bond donors (Lipinski definition) is 1. The third kappa shape index (κ3) is 3.25. The molecule has 7 heteroatoms. The molecule has 104 valence electrons. The molecule has 0 bridgehead atoms. The van der Waals surface area contributed by atoms with E-state index in [-0.39, 0.29) is 17.1 Å². The lowest BCUT2D eigenvalue weighted by molar-refractivity contribution is 0.0937. The Morgan fingerprint density at radius 1 is 1.42 bits per heavy atom.